The van der Waals surface area contributed by atoms with Gasteiger partial charge in [0.2, 0.25) is 10.0 Å². The first-order valence-corrected chi connectivity index (χ1v) is 10.1. The average molecular weight is 427 g/mol. The molecule has 0 saturated carbocycles. The minimum Gasteiger partial charge on any atom is -0.337 e. The van der Waals surface area contributed by atoms with Crippen molar-refractivity contribution in [2.24, 2.45) is 7.05 Å². The number of hydrogen-bond donors (Lipinski definition) is 0. The molecule has 2 heterocycles. The molecule has 7 nitrogen and oxygen atoms in total. The highest BCUT2D eigenvalue weighted by atomic mass is 79.9. The number of aryl methyl sites for hydroxylation is 1. The van der Waals surface area contributed by atoms with E-state index in [2.05, 4.69) is 21.0 Å². The first-order valence-electron chi connectivity index (χ1n) is 7.91. The number of aromatic nitrogens is 2. The van der Waals surface area contributed by atoms with Gasteiger partial charge in [-0.3, -0.25) is 9.48 Å². The molecule has 1 aliphatic heterocycles. The van der Waals surface area contributed by atoms with E-state index in [-0.39, 0.29) is 17.3 Å². The number of sulfonamides is 1. The largest absolute Gasteiger partial charge is 0.337 e. The third-order valence-corrected chi connectivity index (χ3v) is 6.53. The number of carbonyl (C=O) groups is 1. The summed E-state index contributed by atoms with van der Waals surface area (Å²) in [6.07, 6.45) is 3.44. The van der Waals surface area contributed by atoms with Crippen molar-refractivity contribution >= 4 is 31.9 Å². The third kappa shape index (κ3) is 3.94. The van der Waals surface area contributed by atoms with Crippen LogP contribution in [0.5, 0.6) is 0 Å². The molecule has 0 unspecified atom stereocenters. The normalized spacial score (nSPS) is 16.6. The fraction of sp³-hybridized carbons (Fsp3) is 0.375. The van der Waals surface area contributed by atoms with Crippen molar-refractivity contribution in [1.82, 2.24) is 19.0 Å². The van der Waals surface area contributed by atoms with Gasteiger partial charge in [0, 0.05) is 49.5 Å². The van der Waals surface area contributed by atoms with Crippen LogP contribution in [0.2, 0.25) is 0 Å². The molecular weight excluding hydrogens is 408 g/mol. The van der Waals surface area contributed by atoms with Crippen molar-refractivity contribution in [2.75, 3.05) is 26.2 Å². The number of hydrogen-bond acceptors (Lipinski definition) is 4. The molecule has 2 aromatic rings. The van der Waals surface area contributed by atoms with Crippen LogP contribution in [-0.4, -0.2) is 59.5 Å². The number of amides is 1. The van der Waals surface area contributed by atoms with E-state index in [0.717, 1.165) is 4.47 Å². The summed E-state index contributed by atoms with van der Waals surface area (Å²) in [5.74, 6) is -0.0758. The zero-order valence-electron chi connectivity index (χ0n) is 13.8. The Balaban J connectivity index is 1.72. The summed E-state index contributed by atoms with van der Waals surface area (Å²) in [4.78, 5) is 14.5. The van der Waals surface area contributed by atoms with Crippen molar-refractivity contribution < 1.29 is 13.2 Å². The lowest BCUT2D eigenvalue weighted by Gasteiger charge is -2.21. The Morgan fingerprint density at radius 2 is 1.84 bits per heavy atom. The van der Waals surface area contributed by atoms with E-state index < -0.39 is 10.0 Å². The molecular formula is C16H19BrN4O3S. The number of nitrogens with zero attached hydrogens (tertiary/aromatic N) is 4. The molecule has 134 valence electrons. The molecule has 1 amide bonds. The maximum Gasteiger partial charge on any atom is 0.253 e. The summed E-state index contributed by atoms with van der Waals surface area (Å²) < 4.78 is 29.2. The van der Waals surface area contributed by atoms with E-state index in [9.17, 15) is 13.2 Å². The van der Waals surface area contributed by atoms with Gasteiger partial charge in [-0.2, -0.15) is 9.40 Å². The molecule has 25 heavy (non-hydrogen) atoms. The second-order valence-corrected chi connectivity index (χ2v) is 8.76. The van der Waals surface area contributed by atoms with E-state index in [0.29, 0.717) is 31.6 Å². The van der Waals surface area contributed by atoms with Crippen molar-refractivity contribution in [3.63, 3.8) is 0 Å². The van der Waals surface area contributed by atoms with Crippen LogP contribution in [0.25, 0.3) is 0 Å². The molecule has 9 heteroatoms. The maximum absolute atomic E-state index is 12.7. The molecule has 0 aliphatic carbocycles. The van der Waals surface area contributed by atoms with Crippen molar-refractivity contribution in [3.05, 3.63) is 46.7 Å². The lowest BCUT2D eigenvalue weighted by molar-refractivity contribution is 0.0764. The molecule has 3 rings (SSSR count). The Labute approximate surface area is 155 Å². The standard InChI is InChI=1S/C16H19BrN4O3S/c1-19-12-15(11-18-19)25(23,24)21-8-2-7-20(9-10-21)16(22)13-3-5-14(17)6-4-13/h3-6,11-12H,2,7-10H2,1H3. The van der Waals surface area contributed by atoms with Gasteiger partial charge in [0.25, 0.3) is 5.91 Å². The summed E-state index contributed by atoms with van der Waals surface area (Å²) in [6, 6.07) is 7.18. The fourth-order valence-corrected chi connectivity index (χ4v) is 4.51. The number of benzene rings is 1. The van der Waals surface area contributed by atoms with Gasteiger partial charge in [-0.25, -0.2) is 8.42 Å². The highest BCUT2D eigenvalue weighted by Gasteiger charge is 2.29. The number of rotatable bonds is 3. The van der Waals surface area contributed by atoms with Crippen LogP contribution in [0.1, 0.15) is 16.8 Å². The highest BCUT2D eigenvalue weighted by Crippen LogP contribution is 2.18. The van der Waals surface area contributed by atoms with E-state index in [4.69, 9.17) is 0 Å². The monoisotopic (exact) mass is 426 g/mol. The average Bonchev–Trinajstić information content (AvgIpc) is 2.88. The molecule has 0 atom stereocenters. The molecule has 0 N–H and O–H groups in total. The molecule has 1 aliphatic rings. The zero-order valence-corrected chi connectivity index (χ0v) is 16.2. The predicted octanol–water partition coefficient (Wildman–Crippen LogP) is 1.72. The van der Waals surface area contributed by atoms with Gasteiger partial charge in [0.05, 0.1) is 6.20 Å². The molecule has 1 saturated heterocycles. The Morgan fingerprint density at radius 1 is 1.12 bits per heavy atom. The van der Waals surface area contributed by atoms with Crippen LogP contribution >= 0.6 is 15.9 Å². The lowest BCUT2D eigenvalue weighted by atomic mass is 10.2. The molecule has 1 aromatic carbocycles. The van der Waals surface area contributed by atoms with Gasteiger partial charge in [-0.05, 0) is 30.7 Å². The lowest BCUT2D eigenvalue weighted by Crippen LogP contribution is -2.37. The van der Waals surface area contributed by atoms with Gasteiger partial charge in [0.15, 0.2) is 0 Å². The van der Waals surface area contributed by atoms with E-state index in [1.165, 1.54) is 21.4 Å². The molecule has 0 spiro atoms. The smallest absolute Gasteiger partial charge is 0.253 e. The summed E-state index contributed by atoms with van der Waals surface area (Å²) in [7, 11) is -1.90. The minimum absolute atomic E-state index is 0.0758. The minimum atomic E-state index is -3.58. The molecule has 0 radical (unpaired) electrons. The summed E-state index contributed by atoms with van der Waals surface area (Å²) in [5.41, 5.74) is 0.603. The van der Waals surface area contributed by atoms with Crippen molar-refractivity contribution in [1.29, 1.82) is 0 Å². The van der Waals surface area contributed by atoms with E-state index in [1.807, 2.05) is 12.1 Å². The number of carbonyl (C=O) groups excluding carboxylic acids is 1. The fourth-order valence-electron chi connectivity index (χ4n) is 2.79. The summed E-state index contributed by atoms with van der Waals surface area (Å²) in [5, 5.41) is 3.93. The summed E-state index contributed by atoms with van der Waals surface area (Å²) >= 11 is 3.35. The third-order valence-electron chi connectivity index (χ3n) is 4.15. The van der Waals surface area contributed by atoms with Crippen LogP contribution in [-0.2, 0) is 17.1 Å². The van der Waals surface area contributed by atoms with Gasteiger partial charge < -0.3 is 4.90 Å². The van der Waals surface area contributed by atoms with Crippen LogP contribution in [0, 0.1) is 0 Å². The molecule has 0 bridgehead atoms. The molecule has 1 fully saturated rings. The zero-order chi connectivity index (χ0) is 18.0. The Hall–Kier alpha value is -1.71. The first kappa shape index (κ1) is 18.1. The Kier molecular flexibility index (Phi) is 5.26. The van der Waals surface area contributed by atoms with E-state index >= 15 is 0 Å². The Morgan fingerprint density at radius 3 is 2.48 bits per heavy atom. The van der Waals surface area contributed by atoms with Gasteiger partial charge in [-0.1, -0.05) is 15.9 Å². The number of halogens is 1. The highest BCUT2D eigenvalue weighted by molar-refractivity contribution is 9.10. The topological polar surface area (TPSA) is 75.5 Å². The van der Waals surface area contributed by atoms with Crippen LogP contribution in [0.3, 0.4) is 0 Å². The van der Waals surface area contributed by atoms with Gasteiger partial charge >= 0.3 is 0 Å². The second-order valence-electron chi connectivity index (χ2n) is 5.91. The predicted molar refractivity (Wildman–Crippen MR) is 96.6 cm³/mol. The van der Waals surface area contributed by atoms with Crippen LogP contribution in [0.15, 0.2) is 46.0 Å². The van der Waals surface area contributed by atoms with Gasteiger partial charge in [-0.15, -0.1) is 0 Å². The molecule has 1 aromatic heterocycles. The van der Waals surface area contributed by atoms with Crippen molar-refractivity contribution in [2.45, 2.75) is 11.3 Å². The van der Waals surface area contributed by atoms with Gasteiger partial charge in [0.1, 0.15) is 4.90 Å². The first-order chi connectivity index (χ1) is 11.9. The van der Waals surface area contributed by atoms with E-state index in [1.54, 1.807) is 24.1 Å². The van der Waals surface area contributed by atoms with Crippen LogP contribution in [0.4, 0.5) is 0 Å². The quantitative estimate of drug-likeness (QED) is 0.748. The summed E-state index contributed by atoms with van der Waals surface area (Å²) in [6.45, 7) is 1.57. The Bertz CT molecular complexity index is 864. The second kappa shape index (κ2) is 7.27. The van der Waals surface area contributed by atoms with Crippen LogP contribution < -0.4 is 0 Å². The maximum atomic E-state index is 12.7. The SMILES string of the molecule is Cn1cc(S(=O)(=O)N2CCCN(C(=O)c3ccc(Br)cc3)CC2)cn1. The van der Waals surface area contributed by atoms with Crippen molar-refractivity contribution in [3.8, 4) is 0 Å².